The number of aromatic nitrogens is 2. The Balaban J connectivity index is 1.85. The van der Waals surface area contributed by atoms with Crippen molar-refractivity contribution in [3.05, 3.63) is 22.7 Å². The number of aliphatic hydroxyl groups excluding tert-OH is 2. The number of carbonyl (C=O) groups excluding carboxylic acids is 1. The molecule has 1 aliphatic heterocycles. The van der Waals surface area contributed by atoms with Crippen LogP contribution in [-0.2, 0) is 36.8 Å². The van der Waals surface area contributed by atoms with Crippen molar-refractivity contribution >= 4 is 39.2 Å². The summed E-state index contributed by atoms with van der Waals surface area (Å²) in [6, 6.07) is 1.28. The molecule has 1 aromatic heterocycles. The smallest absolute Gasteiger partial charge is 0.459 e. The quantitative estimate of drug-likeness (QED) is 0.0232. The molecule has 19 heteroatoms. The fourth-order valence-electron chi connectivity index (χ4n) is 7.89. The molecule has 0 spiro atoms. The minimum absolute atomic E-state index is 0.0750. The van der Waals surface area contributed by atoms with E-state index in [-0.39, 0.29) is 18.0 Å². The van der Waals surface area contributed by atoms with E-state index in [1.54, 1.807) is 0 Å². The van der Waals surface area contributed by atoms with Gasteiger partial charge in [0.1, 0.15) is 30.2 Å². The Kier molecular flexibility index (Phi) is 33.7. The first-order chi connectivity index (χ1) is 31.3. The maximum absolute atomic E-state index is 13.7. The summed E-state index contributed by atoms with van der Waals surface area (Å²) in [6.45, 7) is 3.08. The van der Waals surface area contributed by atoms with Crippen molar-refractivity contribution in [1.82, 2.24) is 9.55 Å². The van der Waals surface area contributed by atoms with E-state index in [0.29, 0.717) is 6.42 Å². The number of aliphatic hydroxyl groups is 2. The highest BCUT2D eigenvalue weighted by Gasteiger charge is 2.46. The van der Waals surface area contributed by atoms with E-state index in [1.807, 2.05) is 0 Å². The van der Waals surface area contributed by atoms with Gasteiger partial charge < -0.3 is 35.2 Å². The molecule has 65 heavy (non-hydrogen) atoms. The van der Waals surface area contributed by atoms with Crippen molar-refractivity contribution in [2.75, 3.05) is 30.5 Å². The van der Waals surface area contributed by atoms with Gasteiger partial charge in [-0.1, -0.05) is 187 Å². The molecular formula is C46H87N3O13P2S. The van der Waals surface area contributed by atoms with Gasteiger partial charge in [0.15, 0.2) is 6.23 Å². The molecule has 1 aromatic rings. The second-order valence-electron chi connectivity index (χ2n) is 17.7. The summed E-state index contributed by atoms with van der Waals surface area (Å²) in [5.41, 5.74) is 4.67. The molecule has 1 fully saturated rings. The molecule has 0 radical (unpaired) electrons. The molecule has 0 amide bonds. The molecule has 1 aliphatic rings. The van der Waals surface area contributed by atoms with Gasteiger partial charge in [-0.25, -0.2) is 13.9 Å². The number of phosphoric ester groups is 1. The number of anilines is 1. The predicted octanol–water partition coefficient (Wildman–Crippen LogP) is 11.1. The lowest BCUT2D eigenvalue weighted by Crippen LogP contribution is -2.36. The maximum Gasteiger partial charge on any atom is 0.483 e. The third-order valence-electron chi connectivity index (χ3n) is 11.7. The minimum atomic E-state index is -5.47. The Bertz CT molecular complexity index is 1520. The number of nitrogens with zero attached hydrogens (tertiary/aromatic N) is 2. The number of rotatable bonds is 43. The number of ether oxygens (including phenoxy) is 2. The first kappa shape index (κ1) is 59.8. The summed E-state index contributed by atoms with van der Waals surface area (Å²) in [4.78, 5) is 48.2. The summed E-state index contributed by atoms with van der Waals surface area (Å²) >= 11 is 1.53. The number of phosphoric acid groups is 2. The number of thioether (sulfide) groups is 1. The fourth-order valence-corrected chi connectivity index (χ4v) is 11.1. The largest absolute Gasteiger partial charge is 0.483 e. The molecule has 6 N–H and O–H groups in total. The van der Waals surface area contributed by atoms with Crippen LogP contribution in [0.5, 0.6) is 0 Å². The van der Waals surface area contributed by atoms with Crippen LogP contribution < -0.4 is 11.4 Å². The van der Waals surface area contributed by atoms with Crippen LogP contribution in [0.15, 0.2) is 17.1 Å². The Morgan fingerprint density at radius 3 is 1.66 bits per heavy atom. The van der Waals surface area contributed by atoms with Crippen LogP contribution in [0.3, 0.4) is 0 Å². The second-order valence-corrected chi connectivity index (χ2v) is 21.9. The van der Waals surface area contributed by atoms with Gasteiger partial charge in [0, 0.05) is 18.4 Å². The molecule has 2 heterocycles. The second kappa shape index (κ2) is 36.6. The SMILES string of the molecule is CCCCCCCCCCCCCCCCCCSCC(COP(=O)(OC[C@H]1O[C@@H](n2ccc(N)nc2=O)[C@H](O)[C@@H]1O)OP(=O)(O)O)OC(=O)CCCCCCCCCCCCCCC. The standard InChI is InChI=1S/C46H87N3O13P2S/c1-3-5-7-9-11-13-15-17-18-19-21-23-25-27-29-31-35-65-38-39(60-42(50)32-30-28-26-24-22-20-16-14-12-10-8-6-4-2)36-58-64(57,62-63(54,55)56)59-37-40-43(51)44(52)45(61-40)49-34-33-41(47)48-46(49)53/h33-34,39-40,43-45,51-52H,3-32,35-38H2,1-2H3,(H2,47,48,53)(H2,54,55,56)/t39?,40-,43-,44-,45-,64?/m1/s1. The lowest BCUT2D eigenvalue weighted by Gasteiger charge is -2.23. The summed E-state index contributed by atoms with van der Waals surface area (Å²) < 4.78 is 53.0. The van der Waals surface area contributed by atoms with E-state index in [1.165, 1.54) is 165 Å². The lowest BCUT2D eigenvalue weighted by molar-refractivity contribution is -0.149. The molecule has 16 nitrogen and oxygen atoms in total. The topological polar surface area (TPSA) is 239 Å². The molecular weight excluding hydrogens is 897 g/mol. The molecule has 2 unspecified atom stereocenters. The van der Waals surface area contributed by atoms with Gasteiger partial charge >= 0.3 is 27.3 Å². The minimum Gasteiger partial charge on any atom is -0.459 e. The van der Waals surface area contributed by atoms with Crippen LogP contribution >= 0.6 is 27.4 Å². The zero-order valence-electron chi connectivity index (χ0n) is 39.8. The molecule has 0 aliphatic carbocycles. The third-order valence-corrected chi connectivity index (χ3v) is 15.5. The molecule has 0 bridgehead atoms. The zero-order valence-corrected chi connectivity index (χ0v) is 42.4. The lowest BCUT2D eigenvalue weighted by atomic mass is 10.0. The van der Waals surface area contributed by atoms with E-state index < -0.39 is 71.2 Å². The zero-order chi connectivity index (χ0) is 47.6. The van der Waals surface area contributed by atoms with Crippen LogP contribution in [0.25, 0.3) is 0 Å². The highest BCUT2D eigenvalue weighted by Crippen LogP contribution is 2.61. The monoisotopic (exact) mass is 984 g/mol. The van der Waals surface area contributed by atoms with Crippen LogP contribution in [0.1, 0.15) is 213 Å². The first-order valence-electron chi connectivity index (χ1n) is 25.1. The van der Waals surface area contributed by atoms with Gasteiger partial charge in [0.05, 0.1) is 13.2 Å². The number of hydrogen-bond donors (Lipinski definition) is 5. The van der Waals surface area contributed by atoms with Crippen LogP contribution in [0.2, 0.25) is 0 Å². The van der Waals surface area contributed by atoms with Gasteiger partial charge in [0.25, 0.3) is 0 Å². The Morgan fingerprint density at radius 2 is 1.20 bits per heavy atom. The van der Waals surface area contributed by atoms with Crippen molar-refractivity contribution in [3.8, 4) is 0 Å². The molecule has 1 saturated heterocycles. The van der Waals surface area contributed by atoms with Gasteiger partial charge in [0.2, 0.25) is 0 Å². The van der Waals surface area contributed by atoms with Gasteiger partial charge in [-0.05, 0) is 24.7 Å². The average molecular weight is 984 g/mol. The van der Waals surface area contributed by atoms with E-state index in [4.69, 9.17) is 24.3 Å². The Morgan fingerprint density at radius 1 is 0.738 bits per heavy atom. The van der Waals surface area contributed by atoms with Crippen LogP contribution in [0.4, 0.5) is 5.82 Å². The number of unbranched alkanes of at least 4 members (excludes halogenated alkanes) is 27. The van der Waals surface area contributed by atoms with Gasteiger partial charge in [-0.2, -0.15) is 21.1 Å². The van der Waals surface area contributed by atoms with Crippen molar-refractivity contribution < 1.29 is 56.8 Å². The summed E-state index contributed by atoms with van der Waals surface area (Å²) in [6.07, 6.45) is 29.7. The van der Waals surface area contributed by atoms with Crippen LogP contribution in [-0.4, -0.2) is 84.7 Å². The number of carbonyl (C=O) groups is 1. The average Bonchev–Trinajstić information content (AvgIpc) is 3.54. The molecule has 0 aromatic carbocycles. The van der Waals surface area contributed by atoms with Crippen molar-refractivity contribution in [2.24, 2.45) is 0 Å². The Labute approximate surface area is 394 Å². The highest BCUT2D eigenvalue weighted by molar-refractivity contribution is 7.99. The van der Waals surface area contributed by atoms with Crippen molar-refractivity contribution in [2.45, 2.75) is 237 Å². The van der Waals surface area contributed by atoms with Gasteiger partial charge in [-0.15, -0.1) is 0 Å². The fraction of sp³-hybridized carbons (Fsp3) is 0.891. The van der Waals surface area contributed by atoms with Gasteiger partial charge in [-0.3, -0.25) is 18.4 Å². The normalized spacial score (nSPS) is 19.1. The molecule has 2 rings (SSSR count). The summed E-state index contributed by atoms with van der Waals surface area (Å²) in [7, 11) is -10.6. The molecule has 6 atom stereocenters. The number of esters is 1. The molecule has 0 saturated carbocycles. The summed E-state index contributed by atoms with van der Waals surface area (Å²) in [5.74, 6) is 0.507. The number of nitrogen functional groups attached to an aromatic ring is 1. The van der Waals surface area contributed by atoms with E-state index in [0.717, 1.165) is 48.8 Å². The number of nitrogens with two attached hydrogens (primary N) is 1. The van der Waals surface area contributed by atoms with E-state index in [2.05, 4.69) is 23.1 Å². The third kappa shape index (κ3) is 29.3. The maximum atomic E-state index is 13.7. The Hall–Kier alpha value is -1.36. The summed E-state index contributed by atoms with van der Waals surface area (Å²) in [5, 5.41) is 21.3. The van der Waals surface area contributed by atoms with Crippen molar-refractivity contribution in [3.63, 3.8) is 0 Å². The van der Waals surface area contributed by atoms with Crippen molar-refractivity contribution in [1.29, 1.82) is 0 Å². The number of hydrogen-bond acceptors (Lipinski definition) is 14. The van der Waals surface area contributed by atoms with E-state index in [9.17, 15) is 38.7 Å². The van der Waals surface area contributed by atoms with Crippen LogP contribution in [0, 0.1) is 0 Å². The first-order valence-corrected chi connectivity index (χ1v) is 29.2. The van der Waals surface area contributed by atoms with E-state index >= 15 is 0 Å². The highest BCUT2D eigenvalue weighted by atomic mass is 32.2. The predicted molar refractivity (Wildman–Crippen MR) is 259 cm³/mol. The molecule has 380 valence electrons.